The summed E-state index contributed by atoms with van der Waals surface area (Å²) in [5.41, 5.74) is 1.61. The fourth-order valence-corrected chi connectivity index (χ4v) is 2.83. The topological polar surface area (TPSA) is 66.8 Å². The molecule has 2 aromatic rings. The number of benzene rings is 2. The van der Waals surface area contributed by atoms with Gasteiger partial charge in [-0.15, -0.1) is 0 Å². The molecule has 0 heterocycles. The van der Waals surface area contributed by atoms with Crippen LogP contribution in [0.3, 0.4) is 0 Å². The first-order chi connectivity index (χ1) is 8.02. The van der Waals surface area contributed by atoms with Crippen LogP contribution >= 0.6 is 0 Å². The van der Waals surface area contributed by atoms with E-state index in [-0.39, 0.29) is 11.5 Å². The summed E-state index contributed by atoms with van der Waals surface area (Å²) in [4.78, 5) is 0. The average molecular weight is 342 g/mol. The summed E-state index contributed by atoms with van der Waals surface area (Å²) >= 11 is -3.89. The molecule has 0 aliphatic heterocycles. The molecule has 0 spiro atoms. The van der Waals surface area contributed by atoms with Crippen LogP contribution in [0.15, 0.2) is 24.3 Å². The van der Waals surface area contributed by atoms with Gasteiger partial charge in [-0.2, -0.15) is 0 Å². The van der Waals surface area contributed by atoms with Crippen molar-refractivity contribution in [2.24, 2.45) is 0 Å². The zero-order chi connectivity index (χ0) is 12.6. The molecule has 0 saturated carbocycles. The Kier molecular flexibility index (Phi) is 3.36. The SMILES string of the molecule is Cc1c(O)c([O][Sb](=[O])[OH])c2ccccc2c1C. The zero-order valence-electron chi connectivity index (χ0n) is 9.47. The van der Waals surface area contributed by atoms with Crippen LogP contribution in [0.4, 0.5) is 0 Å². The van der Waals surface area contributed by atoms with Gasteiger partial charge in [0.1, 0.15) is 0 Å². The van der Waals surface area contributed by atoms with E-state index >= 15 is 0 Å². The van der Waals surface area contributed by atoms with Crippen molar-refractivity contribution in [2.45, 2.75) is 13.8 Å². The molecule has 1 radical (unpaired) electrons. The number of rotatable bonds is 2. The number of aryl methyl sites for hydroxylation is 1. The Hall–Kier alpha value is -1.12. The van der Waals surface area contributed by atoms with Gasteiger partial charge >= 0.3 is 107 Å². The normalized spacial score (nSPS) is 10.5. The minimum absolute atomic E-state index is 0.0550. The van der Waals surface area contributed by atoms with Gasteiger partial charge < -0.3 is 0 Å². The fraction of sp³-hybridized carbons (Fsp3) is 0.167. The molecule has 0 saturated heterocycles. The first kappa shape index (κ1) is 12.3. The van der Waals surface area contributed by atoms with Crippen LogP contribution in [0.2, 0.25) is 0 Å². The second-order valence-corrected chi connectivity index (χ2v) is 5.68. The van der Waals surface area contributed by atoms with E-state index in [1.807, 2.05) is 19.1 Å². The number of phenols is 1. The van der Waals surface area contributed by atoms with E-state index in [2.05, 4.69) is 0 Å². The molecular formula is C12H12O4Sb. The molecular weight excluding hydrogens is 330 g/mol. The molecule has 0 bridgehead atoms. The van der Waals surface area contributed by atoms with E-state index in [1.165, 1.54) is 0 Å². The maximum absolute atomic E-state index is 10.9. The first-order valence-corrected chi connectivity index (χ1v) is 8.30. The van der Waals surface area contributed by atoms with E-state index in [0.717, 1.165) is 10.9 Å². The average Bonchev–Trinajstić information content (AvgIpc) is 2.31. The molecule has 2 N–H and O–H groups in total. The molecule has 0 aromatic heterocycles. The van der Waals surface area contributed by atoms with Gasteiger partial charge in [-0.3, -0.25) is 0 Å². The van der Waals surface area contributed by atoms with Crippen LogP contribution in [0.5, 0.6) is 11.5 Å². The van der Waals surface area contributed by atoms with E-state index in [9.17, 15) is 8.12 Å². The summed E-state index contributed by atoms with van der Waals surface area (Å²) in [5, 5.41) is 11.6. The number of fused-ring (bicyclic) bond motifs is 1. The van der Waals surface area contributed by atoms with Crippen LogP contribution < -0.4 is 3.02 Å². The van der Waals surface area contributed by atoms with Crippen LogP contribution in [-0.4, -0.2) is 29.5 Å². The van der Waals surface area contributed by atoms with Crippen molar-refractivity contribution < 1.29 is 14.5 Å². The molecule has 0 aliphatic rings. The second-order valence-electron chi connectivity index (χ2n) is 3.80. The van der Waals surface area contributed by atoms with Crippen molar-refractivity contribution in [3.05, 3.63) is 35.4 Å². The van der Waals surface area contributed by atoms with Crippen molar-refractivity contribution in [2.75, 3.05) is 0 Å². The van der Waals surface area contributed by atoms with Crippen molar-refractivity contribution >= 4 is 31.8 Å². The van der Waals surface area contributed by atoms with Gasteiger partial charge in [0.05, 0.1) is 0 Å². The van der Waals surface area contributed by atoms with Crippen LogP contribution in [0, 0.1) is 13.8 Å². The predicted molar refractivity (Wildman–Crippen MR) is 64.4 cm³/mol. The number of aromatic hydroxyl groups is 1. The van der Waals surface area contributed by atoms with Crippen LogP contribution in [0.1, 0.15) is 11.1 Å². The van der Waals surface area contributed by atoms with Crippen molar-refractivity contribution in [3.63, 3.8) is 0 Å². The van der Waals surface area contributed by atoms with Crippen LogP contribution in [0.25, 0.3) is 10.8 Å². The molecule has 0 unspecified atom stereocenters. The van der Waals surface area contributed by atoms with E-state index in [4.69, 9.17) is 6.40 Å². The Balaban J connectivity index is 2.85. The van der Waals surface area contributed by atoms with E-state index in [0.29, 0.717) is 10.9 Å². The Morgan fingerprint density at radius 1 is 1.12 bits per heavy atom. The third-order valence-corrected chi connectivity index (χ3v) is 3.84. The van der Waals surface area contributed by atoms with Gasteiger partial charge in [0.2, 0.25) is 0 Å². The molecule has 0 atom stereocenters. The number of phenolic OH excluding ortho intramolecular Hbond substituents is 1. The molecule has 4 nitrogen and oxygen atoms in total. The van der Waals surface area contributed by atoms with Crippen molar-refractivity contribution in [3.8, 4) is 11.5 Å². The molecule has 0 aliphatic carbocycles. The fourth-order valence-electron chi connectivity index (χ4n) is 1.86. The molecule has 2 rings (SSSR count). The molecule has 2 aromatic carbocycles. The van der Waals surface area contributed by atoms with Gasteiger partial charge in [0.25, 0.3) is 0 Å². The van der Waals surface area contributed by atoms with Gasteiger partial charge in [-0.05, 0) is 0 Å². The molecule has 17 heavy (non-hydrogen) atoms. The molecule has 0 amide bonds. The second kappa shape index (κ2) is 4.63. The Labute approximate surface area is 107 Å². The summed E-state index contributed by atoms with van der Waals surface area (Å²) < 4.78 is 24.8. The molecule has 0 fully saturated rings. The summed E-state index contributed by atoms with van der Waals surface area (Å²) in [6.45, 7) is 3.66. The van der Waals surface area contributed by atoms with Gasteiger partial charge in [-0.1, -0.05) is 0 Å². The van der Waals surface area contributed by atoms with E-state index in [1.54, 1.807) is 19.1 Å². The number of hydrogen-bond donors (Lipinski definition) is 2. The summed E-state index contributed by atoms with van der Waals surface area (Å²) in [5.74, 6) is 0.0600. The maximum atomic E-state index is 10.9. The summed E-state index contributed by atoms with van der Waals surface area (Å²) in [6, 6.07) is 7.34. The standard InChI is InChI=1S/C12H12O2.H2O.O.Sb/c1-7-8(2)11(13)12(14)10-6-4-3-5-9(7)10;;;/h3-6,13-14H,1-2H3;1H2;;/q;;;+2/p-2. The predicted octanol–water partition coefficient (Wildman–Crippen LogP) is 1.95. The third-order valence-electron chi connectivity index (χ3n) is 2.88. The monoisotopic (exact) mass is 341 g/mol. The molecule has 5 heteroatoms. The van der Waals surface area contributed by atoms with Crippen molar-refractivity contribution in [1.82, 2.24) is 0 Å². The molecule has 89 valence electrons. The van der Waals surface area contributed by atoms with Gasteiger partial charge in [0.15, 0.2) is 0 Å². The number of hydrogen-bond acceptors (Lipinski definition) is 3. The minimum atomic E-state index is -3.89. The Bertz CT molecular complexity index is 607. The van der Waals surface area contributed by atoms with Gasteiger partial charge in [0, 0.05) is 0 Å². The Morgan fingerprint density at radius 3 is 2.29 bits per heavy atom. The Morgan fingerprint density at radius 2 is 1.71 bits per heavy atom. The third kappa shape index (κ3) is 2.15. The van der Waals surface area contributed by atoms with E-state index < -0.39 is 21.0 Å². The van der Waals surface area contributed by atoms with Crippen molar-refractivity contribution in [1.29, 1.82) is 0 Å². The van der Waals surface area contributed by atoms with Crippen LogP contribution in [-0.2, 0) is 3.02 Å². The summed E-state index contributed by atoms with van der Waals surface area (Å²) in [7, 11) is 0. The quantitative estimate of drug-likeness (QED) is 0.819. The summed E-state index contributed by atoms with van der Waals surface area (Å²) in [6.07, 6.45) is 0. The first-order valence-electron chi connectivity index (χ1n) is 5.07. The zero-order valence-corrected chi connectivity index (χ0v) is 12.0. The van der Waals surface area contributed by atoms with Gasteiger partial charge in [-0.25, -0.2) is 0 Å².